The quantitative estimate of drug-likeness (QED) is 0.684. The molecule has 1 aliphatic rings. The molecule has 0 aromatic carbocycles. The molecule has 0 aromatic rings. The van der Waals surface area contributed by atoms with Gasteiger partial charge in [0.05, 0.1) is 6.04 Å². The SMILES string of the molecule is CC(C)C(C)(C)NC(=O)[C@H]1CCN1. The molecule has 0 radical (unpaired) electrons. The number of nitrogens with one attached hydrogen (secondary N) is 2. The van der Waals surface area contributed by atoms with Gasteiger partial charge in [0.1, 0.15) is 0 Å². The Balaban J connectivity index is 2.42. The zero-order chi connectivity index (χ0) is 10.1. The van der Waals surface area contributed by atoms with Gasteiger partial charge in [0.2, 0.25) is 5.91 Å². The number of carbonyl (C=O) groups is 1. The van der Waals surface area contributed by atoms with Crippen molar-refractivity contribution in [3.05, 3.63) is 0 Å². The van der Waals surface area contributed by atoms with Gasteiger partial charge < -0.3 is 10.6 Å². The minimum atomic E-state index is -0.103. The van der Waals surface area contributed by atoms with Crippen LogP contribution in [0.25, 0.3) is 0 Å². The molecular formula is C10H20N2O. The van der Waals surface area contributed by atoms with E-state index in [1.807, 2.05) is 0 Å². The van der Waals surface area contributed by atoms with Crippen molar-refractivity contribution in [3.8, 4) is 0 Å². The molecule has 1 fully saturated rings. The Morgan fingerprint density at radius 2 is 2.08 bits per heavy atom. The van der Waals surface area contributed by atoms with Crippen LogP contribution in [0.5, 0.6) is 0 Å². The summed E-state index contributed by atoms with van der Waals surface area (Å²) >= 11 is 0. The largest absolute Gasteiger partial charge is 0.350 e. The van der Waals surface area contributed by atoms with Crippen molar-refractivity contribution in [2.24, 2.45) is 5.92 Å². The van der Waals surface area contributed by atoms with E-state index >= 15 is 0 Å². The van der Waals surface area contributed by atoms with E-state index in [4.69, 9.17) is 0 Å². The second-order valence-corrected chi connectivity index (χ2v) is 4.66. The summed E-state index contributed by atoms with van der Waals surface area (Å²) in [5.74, 6) is 0.599. The Morgan fingerprint density at radius 1 is 1.54 bits per heavy atom. The van der Waals surface area contributed by atoms with Crippen LogP contribution in [-0.4, -0.2) is 24.0 Å². The molecule has 13 heavy (non-hydrogen) atoms. The normalized spacial score (nSPS) is 22.7. The van der Waals surface area contributed by atoms with Crippen LogP contribution in [0, 0.1) is 5.92 Å². The van der Waals surface area contributed by atoms with E-state index in [1.54, 1.807) is 0 Å². The Labute approximate surface area is 80.3 Å². The Hall–Kier alpha value is -0.570. The van der Waals surface area contributed by atoms with Gasteiger partial charge in [0.15, 0.2) is 0 Å². The molecule has 0 spiro atoms. The Bertz CT molecular complexity index is 195. The second-order valence-electron chi connectivity index (χ2n) is 4.66. The van der Waals surface area contributed by atoms with Gasteiger partial charge >= 0.3 is 0 Å². The van der Waals surface area contributed by atoms with Gasteiger partial charge in [0.25, 0.3) is 0 Å². The fourth-order valence-electron chi connectivity index (χ4n) is 1.06. The lowest BCUT2D eigenvalue weighted by atomic mass is 9.90. The lowest BCUT2D eigenvalue weighted by Gasteiger charge is -2.35. The van der Waals surface area contributed by atoms with Gasteiger partial charge in [-0.25, -0.2) is 0 Å². The summed E-state index contributed by atoms with van der Waals surface area (Å²) in [5, 5.41) is 6.15. The fourth-order valence-corrected chi connectivity index (χ4v) is 1.06. The Kier molecular flexibility index (Phi) is 2.96. The first-order chi connectivity index (χ1) is 5.93. The van der Waals surface area contributed by atoms with Crippen LogP contribution < -0.4 is 10.6 Å². The molecule has 3 nitrogen and oxygen atoms in total. The summed E-state index contributed by atoms with van der Waals surface area (Å²) in [6.45, 7) is 9.34. The average Bonchev–Trinajstić information content (AvgIpc) is 1.80. The lowest BCUT2D eigenvalue weighted by molar-refractivity contribution is -0.126. The first kappa shape index (κ1) is 10.5. The molecule has 1 heterocycles. The monoisotopic (exact) mass is 184 g/mol. The molecule has 0 unspecified atom stereocenters. The maximum atomic E-state index is 11.6. The zero-order valence-corrected chi connectivity index (χ0v) is 8.98. The van der Waals surface area contributed by atoms with Gasteiger partial charge in [-0.15, -0.1) is 0 Å². The van der Waals surface area contributed by atoms with Gasteiger partial charge in [-0.2, -0.15) is 0 Å². The number of carbonyl (C=O) groups excluding carboxylic acids is 1. The highest BCUT2D eigenvalue weighted by Gasteiger charge is 2.30. The van der Waals surface area contributed by atoms with Crippen molar-refractivity contribution < 1.29 is 4.79 Å². The van der Waals surface area contributed by atoms with Gasteiger partial charge in [-0.3, -0.25) is 4.79 Å². The molecule has 1 amide bonds. The van der Waals surface area contributed by atoms with Crippen molar-refractivity contribution in [1.29, 1.82) is 0 Å². The van der Waals surface area contributed by atoms with E-state index in [0.29, 0.717) is 5.92 Å². The molecule has 2 N–H and O–H groups in total. The van der Waals surface area contributed by atoms with Crippen LogP contribution in [0.3, 0.4) is 0 Å². The highest BCUT2D eigenvalue weighted by Crippen LogP contribution is 2.16. The maximum absolute atomic E-state index is 11.6. The van der Waals surface area contributed by atoms with Gasteiger partial charge in [-0.05, 0) is 32.7 Å². The number of amides is 1. The minimum Gasteiger partial charge on any atom is -0.350 e. The van der Waals surface area contributed by atoms with E-state index in [2.05, 4.69) is 38.3 Å². The van der Waals surface area contributed by atoms with Crippen molar-refractivity contribution in [1.82, 2.24) is 10.6 Å². The molecule has 0 aromatic heterocycles. The highest BCUT2D eigenvalue weighted by molar-refractivity contribution is 5.83. The summed E-state index contributed by atoms with van der Waals surface area (Å²) in [5.41, 5.74) is -0.103. The van der Waals surface area contributed by atoms with Crippen LogP contribution in [0.1, 0.15) is 34.1 Å². The molecule has 1 atom stereocenters. The predicted octanol–water partition coefficient (Wildman–Crippen LogP) is 0.899. The summed E-state index contributed by atoms with van der Waals surface area (Å²) in [4.78, 5) is 11.6. The topological polar surface area (TPSA) is 41.1 Å². The maximum Gasteiger partial charge on any atom is 0.237 e. The summed E-state index contributed by atoms with van der Waals surface area (Å²) in [6, 6.07) is 0.0537. The molecule has 1 rings (SSSR count). The van der Waals surface area contributed by atoms with E-state index in [0.717, 1.165) is 13.0 Å². The first-order valence-electron chi connectivity index (χ1n) is 4.99. The third-order valence-corrected chi connectivity index (χ3v) is 3.03. The average molecular weight is 184 g/mol. The zero-order valence-electron chi connectivity index (χ0n) is 8.98. The highest BCUT2D eigenvalue weighted by atomic mass is 16.2. The molecule has 0 aliphatic carbocycles. The molecule has 1 aliphatic heterocycles. The van der Waals surface area contributed by atoms with Crippen LogP contribution in [0.2, 0.25) is 0 Å². The second kappa shape index (κ2) is 3.66. The first-order valence-corrected chi connectivity index (χ1v) is 4.99. The van der Waals surface area contributed by atoms with Crippen molar-refractivity contribution in [2.45, 2.75) is 45.7 Å². The fraction of sp³-hybridized carbons (Fsp3) is 0.900. The van der Waals surface area contributed by atoms with Crippen molar-refractivity contribution in [2.75, 3.05) is 6.54 Å². The van der Waals surface area contributed by atoms with Gasteiger partial charge in [0, 0.05) is 5.54 Å². The molecular weight excluding hydrogens is 164 g/mol. The van der Waals surface area contributed by atoms with E-state index in [-0.39, 0.29) is 17.5 Å². The van der Waals surface area contributed by atoms with Crippen molar-refractivity contribution in [3.63, 3.8) is 0 Å². The summed E-state index contributed by atoms with van der Waals surface area (Å²) in [7, 11) is 0. The van der Waals surface area contributed by atoms with Crippen molar-refractivity contribution >= 4 is 5.91 Å². The standard InChI is InChI=1S/C10H20N2O/c1-7(2)10(3,4)12-9(13)8-5-6-11-8/h7-8,11H,5-6H2,1-4H3,(H,12,13)/t8-/m1/s1. The summed E-state index contributed by atoms with van der Waals surface area (Å²) in [6.07, 6.45) is 0.972. The molecule has 76 valence electrons. The molecule has 3 heteroatoms. The van der Waals surface area contributed by atoms with Gasteiger partial charge in [-0.1, -0.05) is 13.8 Å². The Morgan fingerprint density at radius 3 is 2.38 bits per heavy atom. The number of rotatable bonds is 3. The molecule has 0 bridgehead atoms. The van der Waals surface area contributed by atoms with Crippen LogP contribution >= 0.6 is 0 Å². The van der Waals surface area contributed by atoms with Crippen LogP contribution in [-0.2, 0) is 4.79 Å². The van der Waals surface area contributed by atoms with E-state index in [1.165, 1.54) is 0 Å². The smallest absolute Gasteiger partial charge is 0.237 e. The van der Waals surface area contributed by atoms with Crippen LogP contribution in [0.15, 0.2) is 0 Å². The number of hydrogen-bond donors (Lipinski definition) is 2. The molecule has 1 saturated heterocycles. The number of hydrogen-bond acceptors (Lipinski definition) is 2. The predicted molar refractivity (Wildman–Crippen MR) is 53.5 cm³/mol. The third kappa shape index (κ3) is 2.44. The van der Waals surface area contributed by atoms with E-state index < -0.39 is 0 Å². The molecule has 0 saturated carbocycles. The van der Waals surface area contributed by atoms with Crippen LogP contribution in [0.4, 0.5) is 0 Å². The minimum absolute atomic E-state index is 0.0537. The lowest BCUT2D eigenvalue weighted by Crippen LogP contribution is -2.58. The van der Waals surface area contributed by atoms with E-state index in [9.17, 15) is 4.79 Å². The summed E-state index contributed by atoms with van der Waals surface area (Å²) < 4.78 is 0. The third-order valence-electron chi connectivity index (χ3n) is 3.03.